The Balaban J connectivity index is 1.72. The van der Waals surface area contributed by atoms with Crippen molar-refractivity contribution in [2.45, 2.75) is 44.7 Å². The minimum atomic E-state index is -4.37. The van der Waals surface area contributed by atoms with Gasteiger partial charge in [0.2, 0.25) is 11.8 Å². The van der Waals surface area contributed by atoms with Crippen molar-refractivity contribution in [3.8, 4) is 17.2 Å². The summed E-state index contributed by atoms with van der Waals surface area (Å²) in [7, 11) is -2.83. The van der Waals surface area contributed by atoms with E-state index in [4.69, 9.17) is 14.2 Å². The first-order valence-electron chi connectivity index (χ1n) is 14.4. The lowest BCUT2D eigenvalue weighted by Gasteiger charge is -2.33. The van der Waals surface area contributed by atoms with Crippen LogP contribution in [0.4, 0.5) is 10.1 Å². The number of carbonyl (C=O) groups excluding carboxylic acids is 2. The molecule has 0 spiro atoms. The molecule has 12 heteroatoms. The molecule has 0 radical (unpaired) electrons. The zero-order valence-corrected chi connectivity index (χ0v) is 26.1. The molecule has 1 aliphatic heterocycles. The number of hydrogen-bond donors (Lipinski definition) is 1. The molecule has 1 N–H and O–H groups in total. The van der Waals surface area contributed by atoms with Crippen LogP contribution < -0.4 is 23.8 Å². The van der Waals surface area contributed by atoms with E-state index >= 15 is 0 Å². The van der Waals surface area contributed by atoms with E-state index in [2.05, 4.69) is 5.32 Å². The second-order valence-corrected chi connectivity index (χ2v) is 12.6. The van der Waals surface area contributed by atoms with E-state index in [0.717, 1.165) is 22.0 Å². The molecule has 0 aromatic heterocycles. The van der Waals surface area contributed by atoms with E-state index < -0.39 is 34.3 Å². The molecule has 3 aromatic rings. The molecule has 0 saturated heterocycles. The lowest BCUT2D eigenvalue weighted by Crippen LogP contribution is -2.52. The maximum atomic E-state index is 14.2. The molecule has 0 unspecified atom stereocenters. The van der Waals surface area contributed by atoms with Gasteiger partial charge in [-0.2, -0.15) is 0 Å². The third kappa shape index (κ3) is 7.79. The van der Waals surface area contributed by atoms with Gasteiger partial charge in [-0.1, -0.05) is 32.9 Å². The first kappa shape index (κ1) is 32.6. The SMILES string of the molecule is CC[C@@H](C(=O)NCC(C)C)N(Cc1ccc(OC)cc1)C(=O)CN(c1ccc(F)cc1)S(=O)(=O)c1ccc2c(c1)OCCO2. The van der Waals surface area contributed by atoms with Gasteiger partial charge >= 0.3 is 0 Å². The van der Waals surface area contributed by atoms with Crippen molar-refractivity contribution in [1.82, 2.24) is 10.2 Å². The number of methoxy groups -OCH3 is 1. The smallest absolute Gasteiger partial charge is 0.264 e. The Morgan fingerprint density at radius 1 is 0.977 bits per heavy atom. The Kier molecular flexibility index (Phi) is 10.7. The summed E-state index contributed by atoms with van der Waals surface area (Å²) < 4.78 is 59.4. The van der Waals surface area contributed by atoms with Crippen LogP contribution in [0.25, 0.3) is 0 Å². The lowest BCUT2D eigenvalue weighted by molar-refractivity contribution is -0.140. The van der Waals surface area contributed by atoms with Crippen molar-refractivity contribution >= 4 is 27.5 Å². The predicted molar refractivity (Wildman–Crippen MR) is 164 cm³/mol. The van der Waals surface area contributed by atoms with Crippen molar-refractivity contribution < 1.29 is 36.6 Å². The maximum Gasteiger partial charge on any atom is 0.264 e. The fourth-order valence-electron chi connectivity index (χ4n) is 4.72. The number of amides is 2. The van der Waals surface area contributed by atoms with E-state index in [0.29, 0.717) is 24.7 Å². The van der Waals surface area contributed by atoms with Gasteiger partial charge in [-0.15, -0.1) is 0 Å². The van der Waals surface area contributed by atoms with Gasteiger partial charge in [0.05, 0.1) is 17.7 Å². The van der Waals surface area contributed by atoms with E-state index in [1.807, 2.05) is 13.8 Å². The number of sulfonamides is 1. The number of ether oxygens (including phenoxy) is 3. The van der Waals surface area contributed by atoms with Crippen LogP contribution in [0.1, 0.15) is 32.8 Å². The molecule has 0 fully saturated rings. The van der Waals surface area contributed by atoms with Crippen LogP contribution >= 0.6 is 0 Å². The molecule has 4 rings (SSSR count). The Hall–Kier alpha value is -4.32. The maximum absolute atomic E-state index is 14.2. The third-order valence-electron chi connectivity index (χ3n) is 7.08. The molecule has 1 heterocycles. The number of rotatable bonds is 13. The van der Waals surface area contributed by atoms with Gasteiger partial charge in [0, 0.05) is 19.2 Å². The zero-order valence-electron chi connectivity index (χ0n) is 25.3. The highest BCUT2D eigenvalue weighted by Gasteiger charge is 2.34. The molecular weight excluding hydrogens is 589 g/mol. The highest BCUT2D eigenvalue weighted by atomic mass is 32.2. The van der Waals surface area contributed by atoms with E-state index in [1.54, 1.807) is 38.3 Å². The van der Waals surface area contributed by atoms with Gasteiger partial charge in [0.15, 0.2) is 11.5 Å². The number of anilines is 1. The molecule has 3 aromatic carbocycles. The van der Waals surface area contributed by atoms with Gasteiger partial charge in [-0.05, 0) is 66.4 Å². The molecule has 1 atom stereocenters. The van der Waals surface area contributed by atoms with Crippen molar-refractivity contribution in [2.24, 2.45) is 5.92 Å². The molecule has 236 valence electrons. The number of hydrogen-bond acceptors (Lipinski definition) is 7. The number of fused-ring (bicyclic) bond motifs is 1. The summed E-state index contributed by atoms with van der Waals surface area (Å²) in [5.74, 6) is -0.0384. The normalized spacial score (nSPS) is 13.2. The zero-order chi connectivity index (χ0) is 31.9. The molecule has 44 heavy (non-hydrogen) atoms. The highest BCUT2D eigenvalue weighted by molar-refractivity contribution is 7.92. The minimum absolute atomic E-state index is 0.0394. The number of nitrogens with one attached hydrogen (secondary N) is 1. The fraction of sp³-hybridized carbons (Fsp3) is 0.375. The topological polar surface area (TPSA) is 114 Å². The fourth-order valence-corrected chi connectivity index (χ4v) is 6.15. The Bertz CT molecular complexity index is 1550. The number of nitrogens with zero attached hydrogens (tertiary/aromatic N) is 2. The molecular formula is C32H38FN3O7S. The summed E-state index contributed by atoms with van der Waals surface area (Å²) in [4.78, 5) is 28.8. The number of benzene rings is 3. The average molecular weight is 628 g/mol. The van der Waals surface area contributed by atoms with Crippen LogP contribution in [-0.2, 0) is 26.2 Å². The Morgan fingerprint density at radius 2 is 1.64 bits per heavy atom. The molecule has 0 bridgehead atoms. The van der Waals surface area contributed by atoms with Crippen LogP contribution in [0.5, 0.6) is 17.2 Å². The molecule has 2 amide bonds. The molecule has 0 saturated carbocycles. The summed E-state index contributed by atoms with van der Waals surface area (Å²) in [6.07, 6.45) is 0.289. The van der Waals surface area contributed by atoms with Crippen LogP contribution in [-0.4, -0.2) is 64.6 Å². The first-order valence-corrected chi connectivity index (χ1v) is 15.9. The summed E-state index contributed by atoms with van der Waals surface area (Å²) in [6.45, 7) is 6.12. The second kappa shape index (κ2) is 14.4. The summed E-state index contributed by atoms with van der Waals surface area (Å²) in [5.41, 5.74) is 0.800. The monoisotopic (exact) mass is 627 g/mol. The van der Waals surface area contributed by atoms with Crippen LogP contribution in [0.15, 0.2) is 71.6 Å². The van der Waals surface area contributed by atoms with Gasteiger partial charge in [-0.25, -0.2) is 12.8 Å². The van der Waals surface area contributed by atoms with E-state index in [1.165, 1.54) is 35.2 Å². The van der Waals surface area contributed by atoms with Crippen molar-refractivity contribution in [2.75, 3.05) is 37.7 Å². The minimum Gasteiger partial charge on any atom is -0.497 e. The van der Waals surface area contributed by atoms with E-state index in [-0.39, 0.29) is 47.7 Å². The Morgan fingerprint density at radius 3 is 2.25 bits per heavy atom. The van der Waals surface area contributed by atoms with Gasteiger partial charge < -0.3 is 24.4 Å². The number of halogens is 1. The van der Waals surface area contributed by atoms with Crippen LogP contribution in [0.2, 0.25) is 0 Å². The molecule has 1 aliphatic rings. The molecule has 10 nitrogen and oxygen atoms in total. The van der Waals surface area contributed by atoms with Crippen LogP contribution in [0, 0.1) is 11.7 Å². The van der Waals surface area contributed by atoms with Gasteiger partial charge in [-0.3, -0.25) is 13.9 Å². The van der Waals surface area contributed by atoms with Crippen LogP contribution in [0.3, 0.4) is 0 Å². The summed E-state index contributed by atoms with van der Waals surface area (Å²) in [6, 6.07) is 15.2. The predicted octanol–water partition coefficient (Wildman–Crippen LogP) is 4.38. The lowest BCUT2D eigenvalue weighted by atomic mass is 10.1. The third-order valence-corrected chi connectivity index (χ3v) is 8.85. The van der Waals surface area contributed by atoms with Crippen molar-refractivity contribution in [3.05, 3.63) is 78.1 Å². The number of carbonyl (C=O) groups is 2. The quantitative estimate of drug-likeness (QED) is 0.299. The summed E-state index contributed by atoms with van der Waals surface area (Å²) >= 11 is 0. The van der Waals surface area contributed by atoms with Crippen molar-refractivity contribution in [3.63, 3.8) is 0 Å². The summed E-state index contributed by atoms with van der Waals surface area (Å²) in [5, 5.41) is 2.90. The first-order chi connectivity index (χ1) is 21.0. The standard InChI is InChI=1S/C32H38FN3O7S/c1-5-28(32(38)34-19-22(2)3)35(20-23-6-12-26(41-4)13-7-23)31(37)21-36(25-10-8-24(33)9-11-25)44(39,40)27-14-15-29-30(18-27)43-17-16-42-29/h6-15,18,22,28H,5,16-17,19-21H2,1-4H3,(H,34,38)/t28-/m0/s1. The average Bonchev–Trinajstić information content (AvgIpc) is 3.02. The molecule has 0 aliphatic carbocycles. The highest BCUT2D eigenvalue weighted by Crippen LogP contribution is 2.34. The van der Waals surface area contributed by atoms with Gasteiger partial charge in [0.25, 0.3) is 10.0 Å². The van der Waals surface area contributed by atoms with E-state index in [9.17, 15) is 22.4 Å². The van der Waals surface area contributed by atoms with Crippen molar-refractivity contribution in [1.29, 1.82) is 0 Å². The second-order valence-electron chi connectivity index (χ2n) is 10.7. The Labute approximate surface area is 257 Å². The van der Waals surface area contributed by atoms with Gasteiger partial charge in [0.1, 0.15) is 37.4 Å². The largest absolute Gasteiger partial charge is 0.497 e.